The van der Waals surface area contributed by atoms with Crippen LogP contribution in [-0.4, -0.2) is 6.61 Å². The molecule has 1 atom stereocenters. The fourth-order valence-electron chi connectivity index (χ4n) is 1.25. The summed E-state index contributed by atoms with van der Waals surface area (Å²) in [6, 6.07) is 10.2. The number of rotatable bonds is 6. The summed E-state index contributed by atoms with van der Waals surface area (Å²) in [4.78, 5) is 0. The van der Waals surface area contributed by atoms with Gasteiger partial charge in [0.25, 0.3) is 0 Å². The maximum Gasteiger partial charge on any atom is 0.0717 e. The minimum Gasteiger partial charge on any atom is -0.376 e. The standard InChI is InChI=1S/C13H18O/c1-3-12(4-2)10-14-11-13-8-6-5-7-9-13/h3,5-9,12H,1,4,10-11H2,2H3/t12-/m0/s1. The van der Waals surface area contributed by atoms with Crippen molar-refractivity contribution in [1.29, 1.82) is 0 Å². The molecule has 1 nitrogen and oxygen atoms in total. The highest BCUT2D eigenvalue weighted by molar-refractivity contribution is 5.13. The minimum absolute atomic E-state index is 0.485. The summed E-state index contributed by atoms with van der Waals surface area (Å²) in [7, 11) is 0. The summed E-state index contributed by atoms with van der Waals surface area (Å²) in [5.74, 6) is 0.485. The molecule has 0 aliphatic rings. The molecule has 0 bridgehead atoms. The number of benzene rings is 1. The van der Waals surface area contributed by atoms with E-state index in [2.05, 4.69) is 25.6 Å². The van der Waals surface area contributed by atoms with Crippen molar-refractivity contribution in [2.45, 2.75) is 20.0 Å². The maximum atomic E-state index is 5.59. The van der Waals surface area contributed by atoms with Crippen LogP contribution in [0.2, 0.25) is 0 Å². The van der Waals surface area contributed by atoms with Gasteiger partial charge >= 0.3 is 0 Å². The predicted molar refractivity (Wildman–Crippen MR) is 60.1 cm³/mol. The van der Waals surface area contributed by atoms with E-state index in [9.17, 15) is 0 Å². The van der Waals surface area contributed by atoms with E-state index in [0.29, 0.717) is 12.5 Å². The third kappa shape index (κ3) is 3.75. The van der Waals surface area contributed by atoms with Gasteiger partial charge in [-0.25, -0.2) is 0 Å². The lowest BCUT2D eigenvalue weighted by Crippen LogP contribution is -2.05. The highest BCUT2D eigenvalue weighted by Gasteiger charge is 2.00. The molecule has 0 N–H and O–H groups in total. The largest absolute Gasteiger partial charge is 0.376 e. The van der Waals surface area contributed by atoms with Gasteiger partial charge in [0.15, 0.2) is 0 Å². The Morgan fingerprint density at radius 3 is 2.64 bits per heavy atom. The quantitative estimate of drug-likeness (QED) is 0.624. The van der Waals surface area contributed by atoms with Crippen LogP contribution in [0.1, 0.15) is 18.9 Å². The first-order valence-electron chi connectivity index (χ1n) is 5.11. The van der Waals surface area contributed by atoms with Crippen LogP contribution in [0.15, 0.2) is 43.0 Å². The lowest BCUT2D eigenvalue weighted by molar-refractivity contribution is 0.0986. The molecule has 1 aromatic carbocycles. The van der Waals surface area contributed by atoms with Crippen molar-refractivity contribution in [3.05, 3.63) is 48.6 Å². The van der Waals surface area contributed by atoms with E-state index in [1.54, 1.807) is 0 Å². The molecular formula is C13H18O. The number of hydrogen-bond acceptors (Lipinski definition) is 1. The molecule has 1 heteroatoms. The molecule has 0 aliphatic carbocycles. The third-order valence-corrected chi connectivity index (χ3v) is 2.30. The summed E-state index contributed by atoms with van der Waals surface area (Å²) in [6.45, 7) is 7.40. The van der Waals surface area contributed by atoms with Crippen molar-refractivity contribution in [2.24, 2.45) is 5.92 Å². The Morgan fingerprint density at radius 2 is 2.07 bits per heavy atom. The molecule has 0 amide bonds. The van der Waals surface area contributed by atoms with Crippen molar-refractivity contribution in [3.63, 3.8) is 0 Å². The molecule has 0 radical (unpaired) electrons. The first kappa shape index (κ1) is 11.0. The molecule has 76 valence electrons. The zero-order chi connectivity index (χ0) is 10.2. The lowest BCUT2D eigenvalue weighted by atomic mass is 10.1. The van der Waals surface area contributed by atoms with Crippen LogP contribution in [-0.2, 0) is 11.3 Å². The number of hydrogen-bond donors (Lipinski definition) is 0. The monoisotopic (exact) mass is 190 g/mol. The molecule has 0 saturated carbocycles. The molecule has 0 spiro atoms. The Hall–Kier alpha value is -1.08. The summed E-state index contributed by atoms with van der Waals surface area (Å²) < 4.78 is 5.59. The van der Waals surface area contributed by atoms with Crippen LogP contribution < -0.4 is 0 Å². The Labute approximate surface area is 86.4 Å². The molecule has 0 heterocycles. The van der Waals surface area contributed by atoms with Crippen LogP contribution in [0.3, 0.4) is 0 Å². The Kier molecular flexibility index (Phi) is 5.02. The van der Waals surface area contributed by atoms with E-state index in [4.69, 9.17) is 4.74 Å². The van der Waals surface area contributed by atoms with Gasteiger partial charge in [-0.05, 0) is 17.9 Å². The lowest BCUT2D eigenvalue weighted by Gasteiger charge is -2.10. The first-order chi connectivity index (χ1) is 6.86. The second-order valence-electron chi connectivity index (χ2n) is 3.40. The molecule has 0 aromatic heterocycles. The van der Waals surface area contributed by atoms with Crippen molar-refractivity contribution >= 4 is 0 Å². The SMILES string of the molecule is C=C[C@@H](CC)COCc1ccccc1. The van der Waals surface area contributed by atoms with Crippen LogP contribution in [0.5, 0.6) is 0 Å². The summed E-state index contributed by atoms with van der Waals surface area (Å²) in [6.07, 6.45) is 3.06. The maximum absolute atomic E-state index is 5.59. The van der Waals surface area contributed by atoms with Crippen molar-refractivity contribution in [2.75, 3.05) is 6.61 Å². The first-order valence-corrected chi connectivity index (χ1v) is 5.11. The molecule has 0 saturated heterocycles. The molecule has 1 rings (SSSR count). The van der Waals surface area contributed by atoms with Crippen molar-refractivity contribution in [3.8, 4) is 0 Å². The zero-order valence-electron chi connectivity index (χ0n) is 8.78. The fraction of sp³-hybridized carbons (Fsp3) is 0.385. The summed E-state index contributed by atoms with van der Waals surface area (Å²) in [5.41, 5.74) is 1.23. The van der Waals surface area contributed by atoms with Gasteiger partial charge in [0.05, 0.1) is 13.2 Å². The average Bonchev–Trinajstić information content (AvgIpc) is 2.26. The van der Waals surface area contributed by atoms with Gasteiger partial charge in [-0.3, -0.25) is 0 Å². The molecular weight excluding hydrogens is 172 g/mol. The van der Waals surface area contributed by atoms with Crippen LogP contribution in [0.4, 0.5) is 0 Å². The molecule has 0 unspecified atom stereocenters. The van der Waals surface area contributed by atoms with E-state index < -0.39 is 0 Å². The molecule has 1 aromatic rings. The minimum atomic E-state index is 0.485. The Balaban J connectivity index is 2.25. The number of ether oxygens (including phenoxy) is 1. The van der Waals surface area contributed by atoms with Crippen LogP contribution >= 0.6 is 0 Å². The smallest absolute Gasteiger partial charge is 0.0717 e. The summed E-state index contributed by atoms with van der Waals surface area (Å²) >= 11 is 0. The van der Waals surface area contributed by atoms with Gasteiger partial charge in [0.2, 0.25) is 0 Å². The van der Waals surface area contributed by atoms with Gasteiger partial charge in [-0.1, -0.05) is 43.3 Å². The van der Waals surface area contributed by atoms with Gasteiger partial charge in [-0.2, -0.15) is 0 Å². The third-order valence-electron chi connectivity index (χ3n) is 2.30. The second kappa shape index (κ2) is 6.39. The van der Waals surface area contributed by atoms with Gasteiger partial charge in [-0.15, -0.1) is 6.58 Å². The molecule has 0 fully saturated rings. The highest BCUT2D eigenvalue weighted by Crippen LogP contribution is 2.06. The van der Waals surface area contributed by atoms with Crippen molar-refractivity contribution < 1.29 is 4.74 Å². The van der Waals surface area contributed by atoms with E-state index >= 15 is 0 Å². The Bertz CT molecular complexity index is 253. The van der Waals surface area contributed by atoms with Gasteiger partial charge in [0, 0.05) is 0 Å². The van der Waals surface area contributed by atoms with Gasteiger partial charge in [0.1, 0.15) is 0 Å². The predicted octanol–water partition coefficient (Wildman–Crippen LogP) is 3.42. The van der Waals surface area contributed by atoms with Crippen LogP contribution in [0.25, 0.3) is 0 Å². The molecule has 0 aliphatic heterocycles. The van der Waals surface area contributed by atoms with Crippen molar-refractivity contribution in [1.82, 2.24) is 0 Å². The molecule has 14 heavy (non-hydrogen) atoms. The summed E-state index contributed by atoms with van der Waals surface area (Å²) in [5, 5.41) is 0. The second-order valence-corrected chi connectivity index (χ2v) is 3.40. The topological polar surface area (TPSA) is 9.23 Å². The van der Waals surface area contributed by atoms with E-state index in [1.165, 1.54) is 5.56 Å². The van der Waals surface area contributed by atoms with E-state index in [-0.39, 0.29) is 0 Å². The normalized spacial score (nSPS) is 12.4. The Morgan fingerprint density at radius 1 is 1.36 bits per heavy atom. The van der Waals surface area contributed by atoms with Gasteiger partial charge < -0.3 is 4.74 Å². The van der Waals surface area contributed by atoms with E-state index in [1.807, 2.05) is 24.3 Å². The van der Waals surface area contributed by atoms with E-state index in [0.717, 1.165) is 13.0 Å². The average molecular weight is 190 g/mol. The highest BCUT2D eigenvalue weighted by atomic mass is 16.5. The zero-order valence-corrected chi connectivity index (χ0v) is 8.78. The van der Waals surface area contributed by atoms with Crippen LogP contribution in [0, 0.1) is 5.92 Å². The fourth-order valence-corrected chi connectivity index (χ4v) is 1.25.